The number of hydrogen-bond donors (Lipinski definition) is 2. The minimum atomic E-state index is -0.0382. The van der Waals surface area contributed by atoms with Crippen LogP contribution in [0.2, 0.25) is 0 Å². The summed E-state index contributed by atoms with van der Waals surface area (Å²) in [6, 6.07) is 13.3. The first kappa shape index (κ1) is 14.9. The van der Waals surface area contributed by atoms with Crippen molar-refractivity contribution in [2.24, 2.45) is 0 Å². The fourth-order valence-electron chi connectivity index (χ4n) is 1.68. The number of para-hydroxylation sites is 1. The van der Waals surface area contributed by atoms with E-state index >= 15 is 0 Å². The highest BCUT2D eigenvalue weighted by molar-refractivity contribution is 9.10. The van der Waals surface area contributed by atoms with Crippen molar-refractivity contribution in [3.63, 3.8) is 0 Å². The Kier molecular flexibility index (Phi) is 5.09. The molecule has 104 valence electrons. The summed E-state index contributed by atoms with van der Waals surface area (Å²) in [6.45, 7) is 1.96. The van der Waals surface area contributed by atoms with Crippen LogP contribution in [0.25, 0.3) is 0 Å². The van der Waals surface area contributed by atoms with E-state index in [1.807, 2.05) is 49.4 Å². The molecule has 0 spiro atoms. The summed E-state index contributed by atoms with van der Waals surface area (Å²) < 4.78 is 0.874. The summed E-state index contributed by atoms with van der Waals surface area (Å²) in [6.07, 6.45) is 0. The lowest BCUT2D eigenvalue weighted by atomic mass is 10.2. The maximum Gasteiger partial charge on any atom is 0.234 e. The number of rotatable bonds is 4. The number of hydrogen-bond acceptors (Lipinski definition) is 3. The Balaban J connectivity index is 1.96. The van der Waals surface area contributed by atoms with Crippen LogP contribution >= 0.6 is 27.7 Å². The molecule has 0 unspecified atom stereocenters. The number of anilines is 2. The van der Waals surface area contributed by atoms with E-state index in [2.05, 4.69) is 21.2 Å². The number of nitrogen functional groups attached to an aromatic ring is 1. The Labute approximate surface area is 131 Å². The molecule has 2 rings (SSSR count). The van der Waals surface area contributed by atoms with Crippen molar-refractivity contribution in [1.29, 1.82) is 0 Å². The fraction of sp³-hybridized carbons (Fsp3) is 0.133. The van der Waals surface area contributed by atoms with E-state index in [1.165, 1.54) is 11.8 Å². The molecule has 0 heterocycles. The van der Waals surface area contributed by atoms with Crippen LogP contribution in [0, 0.1) is 6.92 Å². The molecule has 3 nitrogen and oxygen atoms in total. The average Bonchev–Trinajstić information content (AvgIpc) is 2.43. The van der Waals surface area contributed by atoms with Crippen LogP contribution < -0.4 is 11.1 Å². The molecule has 0 radical (unpaired) electrons. The van der Waals surface area contributed by atoms with Gasteiger partial charge in [-0.1, -0.05) is 18.2 Å². The predicted octanol–water partition coefficient (Wildman–Crippen LogP) is 4.07. The van der Waals surface area contributed by atoms with Gasteiger partial charge in [0.2, 0.25) is 5.91 Å². The van der Waals surface area contributed by atoms with Crippen LogP contribution in [0.3, 0.4) is 0 Å². The first-order chi connectivity index (χ1) is 9.58. The van der Waals surface area contributed by atoms with Gasteiger partial charge < -0.3 is 11.1 Å². The maximum absolute atomic E-state index is 12.0. The molecule has 0 aromatic heterocycles. The van der Waals surface area contributed by atoms with Gasteiger partial charge in [0.1, 0.15) is 0 Å². The molecule has 1 amide bonds. The van der Waals surface area contributed by atoms with Crippen molar-refractivity contribution in [1.82, 2.24) is 0 Å². The number of amides is 1. The van der Waals surface area contributed by atoms with Crippen LogP contribution in [0.1, 0.15) is 5.56 Å². The molecule has 2 aromatic rings. The van der Waals surface area contributed by atoms with Gasteiger partial charge in [-0.05, 0) is 52.7 Å². The van der Waals surface area contributed by atoms with Gasteiger partial charge >= 0.3 is 0 Å². The van der Waals surface area contributed by atoms with Gasteiger partial charge in [0, 0.05) is 15.1 Å². The van der Waals surface area contributed by atoms with Crippen LogP contribution in [-0.4, -0.2) is 11.7 Å². The van der Waals surface area contributed by atoms with E-state index in [1.54, 1.807) is 0 Å². The number of benzene rings is 2. The van der Waals surface area contributed by atoms with Crippen LogP contribution in [0.15, 0.2) is 51.8 Å². The van der Waals surface area contributed by atoms with Gasteiger partial charge in [0.05, 0.1) is 11.4 Å². The highest BCUT2D eigenvalue weighted by Gasteiger charge is 2.08. The molecule has 0 fully saturated rings. The fourth-order valence-corrected chi connectivity index (χ4v) is 2.93. The number of nitrogens with one attached hydrogen (secondary N) is 1. The number of nitrogens with two attached hydrogens (primary N) is 1. The maximum atomic E-state index is 12.0. The molecule has 0 aliphatic carbocycles. The molecule has 0 saturated carbocycles. The number of halogens is 1. The third-order valence-corrected chi connectivity index (χ3v) is 4.68. The topological polar surface area (TPSA) is 55.1 Å². The van der Waals surface area contributed by atoms with E-state index in [4.69, 9.17) is 5.73 Å². The standard InChI is InChI=1S/C15H15BrN2OS/c1-10-12(17)6-4-8-14(10)20-9-15(19)18-13-7-3-2-5-11(13)16/h2-8H,9,17H2,1H3,(H,18,19). The van der Waals surface area contributed by atoms with Gasteiger partial charge in [-0.2, -0.15) is 0 Å². The second kappa shape index (κ2) is 6.81. The lowest BCUT2D eigenvalue weighted by Gasteiger charge is -2.09. The van der Waals surface area contributed by atoms with Crippen molar-refractivity contribution in [2.45, 2.75) is 11.8 Å². The highest BCUT2D eigenvalue weighted by atomic mass is 79.9. The Morgan fingerprint density at radius 2 is 2.00 bits per heavy atom. The SMILES string of the molecule is Cc1c(N)cccc1SCC(=O)Nc1ccccc1Br. The van der Waals surface area contributed by atoms with E-state index in [9.17, 15) is 4.79 Å². The molecule has 2 aromatic carbocycles. The van der Waals surface area contributed by atoms with Gasteiger partial charge in [-0.25, -0.2) is 0 Å². The van der Waals surface area contributed by atoms with Crippen LogP contribution in [0.5, 0.6) is 0 Å². The van der Waals surface area contributed by atoms with Crippen molar-refractivity contribution in [2.75, 3.05) is 16.8 Å². The second-order valence-corrected chi connectivity index (χ2v) is 6.16. The predicted molar refractivity (Wildman–Crippen MR) is 89.1 cm³/mol. The molecule has 0 aliphatic heterocycles. The van der Waals surface area contributed by atoms with Crippen molar-refractivity contribution in [3.05, 3.63) is 52.5 Å². The van der Waals surface area contributed by atoms with Crippen molar-refractivity contribution >= 4 is 45.0 Å². The second-order valence-electron chi connectivity index (χ2n) is 4.29. The third-order valence-electron chi connectivity index (χ3n) is 2.83. The van der Waals surface area contributed by atoms with Gasteiger partial charge in [-0.3, -0.25) is 4.79 Å². The van der Waals surface area contributed by atoms with E-state index in [0.29, 0.717) is 5.75 Å². The van der Waals surface area contributed by atoms with Gasteiger partial charge in [-0.15, -0.1) is 11.8 Å². The molecule has 3 N–H and O–H groups in total. The molecule has 0 saturated heterocycles. The first-order valence-electron chi connectivity index (χ1n) is 6.10. The van der Waals surface area contributed by atoms with Crippen molar-refractivity contribution < 1.29 is 4.79 Å². The summed E-state index contributed by atoms with van der Waals surface area (Å²) in [7, 11) is 0. The monoisotopic (exact) mass is 350 g/mol. The minimum absolute atomic E-state index is 0.0382. The average molecular weight is 351 g/mol. The zero-order chi connectivity index (χ0) is 14.5. The summed E-state index contributed by atoms with van der Waals surface area (Å²) in [5, 5.41) is 2.88. The first-order valence-corrected chi connectivity index (χ1v) is 7.88. The summed E-state index contributed by atoms with van der Waals surface area (Å²) in [5.74, 6) is 0.315. The van der Waals surface area contributed by atoms with Crippen LogP contribution in [-0.2, 0) is 4.79 Å². The Hall–Kier alpha value is -1.46. The van der Waals surface area contributed by atoms with Gasteiger partial charge in [0.15, 0.2) is 0 Å². The molecule has 0 atom stereocenters. The quantitative estimate of drug-likeness (QED) is 0.645. The van der Waals surface area contributed by atoms with Crippen LogP contribution in [0.4, 0.5) is 11.4 Å². The highest BCUT2D eigenvalue weighted by Crippen LogP contribution is 2.27. The van der Waals surface area contributed by atoms with E-state index < -0.39 is 0 Å². The number of carbonyl (C=O) groups is 1. The lowest BCUT2D eigenvalue weighted by Crippen LogP contribution is -2.14. The minimum Gasteiger partial charge on any atom is -0.398 e. The Bertz CT molecular complexity index is 631. The molecular formula is C15H15BrN2OS. The zero-order valence-corrected chi connectivity index (χ0v) is 13.4. The molecule has 5 heteroatoms. The smallest absolute Gasteiger partial charge is 0.234 e. The Morgan fingerprint density at radius 3 is 2.75 bits per heavy atom. The van der Waals surface area contributed by atoms with Crippen molar-refractivity contribution in [3.8, 4) is 0 Å². The van der Waals surface area contributed by atoms with E-state index in [-0.39, 0.29) is 5.91 Å². The molecular weight excluding hydrogens is 336 g/mol. The third kappa shape index (κ3) is 3.77. The Morgan fingerprint density at radius 1 is 1.25 bits per heavy atom. The largest absolute Gasteiger partial charge is 0.398 e. The zero-order valence-electron chi connectivity index (χ0n) is 11.0. The molecule has 0 bridgehead atoms. The lowest BCUT2D eigenvalue weighted by molar-refractivity contribution is -0.113. The normalized spacial score (nSPS) is 10.3. The summed E-state index contributed by atoms with van der Waals surface area (Å²) in [5.41, 5.74) is 8.40. The summed E-state index contributed by atoms with van der Waals surface area (Å²) >= 11 is 4.89. The van der Waals surface area contributed by atoms with E-state index in [0.717, 1.165) is 26.3 Å². The number of thioether (sulfide) groups is 1. The molecule has 0 aliphatic rings. The summed E-state index contributed by atoms with van der Waals surface area (Å²) in [4.78, 5) is 13.0. The number of carbonyl (C=O) groups excluding carboxylic acids is 1. The van der Waals surface area contributed by atoms with Gasteiger partial charge in [0.25, 0.3) is 0 Å². The molecule has 20 heavy (non-hydrogen) atoms.